The van der Waals surface area contributed by atoms with Gasteiger partial charge in [-0.3, -0.25) is 0 Å². The maximum Gasteiger partial charge on any atom is 0.128 e. The SMILES string of the molecule is Cn1c(COc2cccc(O)c2)cc2ccc(CN)cc21. The normalized spacial score (nSPS) is 11.0. The Labute approximate surface area is 123 Å². The molecule has 0 saturated heterocycles. The molecule has 1 heterocycles. The van der Waals surface area contributed by atoms with Gasteiger partial charge >= 0.3 is 0 Å². The van der Waals surface area contributed by atoms with Gasteiger partial charge in [0.25, 0.3) is 0 Å². The summed E-state index contributed by atoms with van der Waals surface area (Å²) in [6.45, 7) is 0.989. The van der Waals surface area contributed by atoms with Crippen LogP contribution >= 0.6 is 0 Å². The molecule has 0 fully saturated rings. The molecule has 0 aliphatic rings. The minimum atomic E-state index is 0.206. The second-order valence-corrected chi connectivity index (χ2v) is 5.08. The lowest BCUT2D eigenvalue weighted by molar-refractivity contribution is 0.296. The average Bonchev–Trinajstić information content (AvgIpc) is 2.81. The van der Waals surface area contributed by atoms with E-state index in [1.807, 2.05) is 19.2 Å². The van der Waals surface area contributed by atoms with Crippen molar-refractivity contribution in [2.24, 2.45) is 12.8 Å². The van der Waals surface area contributed by atoms with E-state index in [1.165, 1.54) is 5.39 Å². The lowest BCUT2D eigenvalue weighted by Crippen LogP contribution is -2.02. The molecule has 0 aliphatic carbocycles. The van der Waals surface area contributed by atoms with Crippen LogP contribution in [0.3, 0.4) is 0 Å². The molecule has 21 heavy (non-hydrogen) atoms. The minimum Gasteiger partial charge on any atom is -0.508 e. The van der Waals surface area contributed by atoms with Crippen LogP contribution in [0.25, 0.3) is 10.9 Å². The molecule has 4 heteroatoms. The van der Waals surface area contributed by atoms with Gasteiger partial charge in [0, 0.05) is 25.2 Å². The van der Waals surface area contributed by atoms with E-state index in [1.54, 1.807) is 18.2 Å². The molecule has 2 aromatic carbocycles. The summed E-state index contributed by atoms with van der Waals surface area (Å²) in [5.74, 6) is 0.861. The van der Waals surface area contributed by atoms with Gasteiger partial charge in [-0.2, -0.15) is 0 Å². The Morgan fingerprint density at radius 3 is 2.76 bits per heavy atom. The van der Waals surface area contributed by atoms with Crippen molar-refractivity contribution in [3.05, 3.63) is 59.8 Å². The van der Waals surface area contributed by atoms with E-state index in [-0.39, 0.29) is 5.75 Å². The summed E-state index contributed by atoms with van der Waals surface area (Å²) >= 11 is 0. The van der Waals surface area contributed by atoms with Crippen LogP contribution in [0.2, 0.25) is 0 Å². The molecule has 3 rings (SSSR count). The number of hydrogen-bond donors (Lipinski definition) is 2. The molecule has 0 unspecified atom stereocenters. The Kier molecular flexibility index (Phi) is 3.54. The average molecular weight is 282 g/mol. The fraction of sp³-hybridized carbons (Fsp3) is 0.176. The summed E-state index contributed by atoms with van der Waals surface area (Å²) in [5, 5.41) is 10.6. The molecule has 0 radical (unpaired) electrons. The first kappa shape index (κ1) is 13.5. The number of nitrogens with two attached hydrogens (primary N) is 1. The van der Waals surface area contributed by atoms with Crippen molar-refractivity contribution in [2.75, 3.05) is 0 Å². The number of aryl methyl sites for hydroxylation is 1. The van der Waals surface area contributed by atoms with Gasteiger partial charge in [0.2, 0.25) is 0 Å². The third kappa shape index (κ3) is 2.71. The van der Waals surface area contributed by atoms with Gasteiger partial charge in [0.05, 0.1) is 5.69 Å². The first-order valence-electron chi connectivity index (χ1n) is 6.86. The van der Waals surface area contributed by atoms with Gasteiger partial charge in [-0.05, 0) is 35.2 Å². The molecule has 1 aromatic heterocycles. The maximum absolute atomic E-state index is 9.44. The molecular formula is C17H18N2O2. The van der Waals surface area contributed by atoms with Gasteiger partial charge in [0.1, 0.15) is 18.1 Å². The molecule has 0 saturated carbocycles. The molecule has 0 amide bonds. The van der Waals surface area contributed by atoms with Gasteiger partial charge < -0.3 is 20.1 Å². The number of ether oxygens (including phenoxy) is 1. The molecule has 0 atom stereocenters. The van der Waals surface area contributed by atoms with Crippen LogP contribution < -0.4 is 10.5 Å². The number of aromatic hydroxyl groups is 1. The number of hydrogen-bond acceptors (Lipinski definition) is 3. The maximum atomic E-state index is 9.44. The van der Waals surface area contributed by atoms with E-state index in [2.05, 4.69) is 22.8 Å². The van der Waals surface area contributed by atoms with Crippen LogP contribution in [-0.2, 0) is 20.2 Å². The zero-order valence-corrected chi connectivity index (χ0v) is 11.9. The predicted octanol–water partition coefficient (Wildman–Crippen LogP) is 2.92. The standard InChI is InChI=1S/C17H18N2O2/c1-19-14(11-21-16-4-2-3-15(20)9-16)8-13-6-5-12(10-18)7-17(13)19/h2-9,20H,10-11,18H2,1H3. The number of rotatable bonds is 4. The van der Waals surface area contributed by atoms with Crippen molar-refractivity contribution in [3.8, 4) is 11.5 Å². The summed E-state index contributed by atoms with van der Waals surface area (Å²) in [6, 6.07) is 15.2. The largest absolute Gasteiger partial charge is 0.508 e. The molecular weight excluding hydrogens is 264 g/mol. The number of phenolic OH excluding ortho intramolecular Hbond substituents is 1. The van der Waals surface area contributed by atoms with Crippen LogP contribution in [0.4, 0.5) is 0 Å². The lowest BCUT2D eigenvalue weighted by Gasteiger charge is -2.08. The van der Waals surface area contributed by atoms with E-state index in [9.17, 15) is 5.11 Å². The van der Waals surface area contributed by atoms with Crippen molar-refractivity contribution in [2.45, 2.75) is 13.2 Å². The Balaban J connectivity index is 1.85. The van der Waals surface area contributed by atoms with Crippen molar-refractivity contribution in [1.82, 2.24) is 4.57 Å². The molecule has 3 aromatic rings. The number of aromatic nitrogens is 1. The van der Waals surface area contributed by atoms with E-state index in [4.69, 9.17) is 10.5 Å². The Bertz CT molecular complexity index is 778. The summed E-state index contributed by atoms with van der Waals surface area (Å²) in [5.41, 5.74) is 9.02. The van der Waals surface area contributed by atoms with Crippen molar-refractivity contribution in [3.63, 3.8) is 0 Å². The number of nitrogens with zero attached hydrogens (tertiary/aromatic N) is 1. The predicted molar refractivity (Wildman–Crippen MR) is 83.2 cm³/mol. The summed E-state index contributed by atoms with van der Waals surface area (Å²) in [7, 11) is 2.02. The summed E-state index contributed by atoms with van der Waals surface area (Å²) < 4.78 is 7.84. The zero-order valence-electron chi connectivity index (χ0n) is 11.9. The Morgan fingerprint density at radius 1 is 1.14 bits per heavy atom. The molecule has 3 N–H and O–H groups in total. The highest BCUT2D eigenvalue weighted by atomic mass is 16.5. The van der Waals surface area contributed by atoms with Crippen LogP contribution in [0.15, 0.2) is 48.5 Å². The number of phenols is 1. The van der Waals surface area contributed by atoms with E-state index >= 15 is 0 Å². The summed E-state index contributed by atoms with van der Waals surface area (Å²) in [4.78, 5) is 0. The summed E-state index contributed by atoms with van der Waals surface area (Å²) in [6.07, 6.45) is 0. The van der Waals surface area contributed by atoms with E-state index in [0.29, 0.717) is 18.9 Å². The highest BCUT2D eigenvalue weighted by Gasteiger charge is 2.07. The topological polar surface area (TPSA) is 60.4 Å². The van der Waals surface area contributed by atoms with Crippen molar-refractivity contribution in [1.29, 1.82) is 0 Å². The molecule has 0 spiro atoms. The Morgan fingerprint density at radius 2 is 2.00 bits per heavy atom. The quantitative estimate of drug-likeness (QED) is 0.773. The van der Waals surface area contributed by atoms with Crippen LogP contribution in [0.1, 0.15) is 11.3 Å². The van der Waals surface area contributed by atoms with E-state index < -0.39 is 0 Å². The van der Waals surface area contributed by atoms with Crippen LogP contribution in [-0.4, -0.2) is 9.67 Å². The Hall–Kier alpha value is -2.46. The minimum absolute atomic E-state index is 0.206. The van der Waals surface area contributed by atoms with Gasteiger partial charge in [-0.15, -0.1) is 0 Å². The fourth-order valence-corrected chi connectivity index (χ4v) is 2.43. The molecule has 0 aliphatic heterocycles. The van der Waals surface area contributed by atoms with Crippen LogP contribution in [0, 0.1) is 0 Å². The van der Waals surface area contributed by atoms with Gasteiger partial charge in [-0.1, -0.05) is 18.2 Å². The third-order valence-corrected chi connectivity index (χ3v) is 3.65. The van der Waals surface area contributed by atoms with E-state index in [0.717, 1.165) is 16.8 Å². The van der Waals surface area contributed by atoms with Gasteiger partial charge in [-0.25, -0.2) is 0 Å². The first-order chi connectivity index (χ1) is 10.2. The second-order valence-electron chi connectivity index (χ2n) is 5.08. The first-order valence-corrected chi connectivity index (χ1v) is 6.86. The second kappa shape index (κ2) is 5.50. The highest BCUT2D eigenvalue weighted by molar-refractivity contribution is 5.82. The van der Waals surface area contributed by atoms with Crippen molar-refractivity contribution < 1.29 is 9.84 Å². The monoisotopic (exact) mass is 282 g/mol. The molecule has 4 nitrogen and oxygen atoms in total. The van der Waals surface area contributed by atoms with Gasteiger partial charge in [0.15, 0.2) is 0 Å². The number of benzene rings is 2. The smallest absolute Gasteiger partial charge is 0.128 e. The zero-order chi connectivity index (χ0) is 14.8. The third-order valence-electron chi connectivity index (χ3n) is 3.65. The number of fused-ring (bicyclic) bond motifs is 1. The van der Waals surface area contributed by atoms with Crippen LogP contribution in [0.5, 0.6) is 11.5 Å². The lowest BCUT2D eigenvalue weighted by atomic mass is 10.1. The molecule has 0 bridgehead atoms. The highest BCUT2D eigenvalue weighted by Crippen LogP contribution is 2.23. The fourth-order valence-electron chi connectivity index (χ4n) is 2.43. The molecule has 108 valence electrons. The van der Waals surface area contributed by atoms with Crippen molar-refractivity contribution >= 4 is 10.9 Å².